The normalized spacial score (nSPS) is 11.3. The van der Waals surface area contributed by atoms with Gasteiger partial charge >= 0.3 is 0 Å². The lowest BCUT2D eigenvalue weighted by atomic mass is 10.3. The Balaban J connectivity index is 0.00000288. The highest BCUT2D eigenvalue weighted by Crippen LogP contribution is 2.22. The van der Waals surface area contributed by atoms with E-state index < -0.39 is 0 Å². The Bertz CT molecular complexity index is 584. The van der Waals surface area contributed by atoms with E-state index in [1.54, 1.807) is 18.4 Å². The van der Waals surface area contributed by atoms with Crippen molar-refractivity contribution in [2.24, 2.45) is 4.99 Å². The maximum absolute atomic E-state index is 5.05. The zero-order valence-electron chi connectivity index (χ0n) is 14.4. The van der Waals surface area contributed by atoms with Gasteiger partial charge < -0.3 is 15.4 Å². The molecule has 2 rings (SSSR count). The third-order valence-electron chi connectivity index (χ3n) is 3.32. The number of hydrogen-bond donors (Lipinski definition) is 2. The molecule has 1 aromatic carbocycles. The number of nitrogens with one attached hydrogen (secondary N) is 2. The minimum absolute atomic E-state index is 0. The van der Waals surface area contributed by atoms with E-state index in [-0.39, 0.29) is 24.0 Å². The molecule has 0 saturated carbocycles. The Morgan fingerprint density at radius 2 is 2.08 bits per heavy atom. The van der Waals surface area contributed by atoms with Crippen molar-refractivity contribution in [2.45, 2.75) is 26.2 Å². The van der Waals surface area contributed by atoms with Gasteiger partial charge in [-0.2, -0.15) is 0 Å². The molecule has 2 N–H and O–H groups in total. The first-order valence-electron chi connectivity index (χ1n) is 8.19. The molecule has 0 aliphatic rings. The van der Waals surface area contributed by atoms with Gasteiger partial charge in [-0.3, -0.25) is 4.99 Å². The number of thiazole rings is 1. The van der Waals surface area contributed by atoms with E-state index in [4.69, 9.17) is 4.74 Å². The Morgan fingerprint density at radius 1 is 1.25 bits per heavy atom. The van der Waals surface area contributed by atoms with Crippen LogP contribution in [-0.2, 0) is 11.2 Å². The predicted octanol–water partition coefficient (Wildman–Crippen LogP) is 3.44. The summed E-state index contributed by atoms with van der Waals surface area (Å²) in [4.78, 5) is 9.27. The van der Waals surface area contributed by atoms with Crippen LogP contribution in [0.15, 0.2) is 29.3 Å². The van der Waals surface area contributed by atoms with Gasteiger partial charge in [0.2, 0.25) is 0 Å². The maximum atomic E-state index is 5.05. The number of ether oxygens (including phenoxy) is 1. The van der Waals surface area contributed by atoms with Gasteiger partial charge in [0.1, 0.15) is 0 Å². The fourth-order valence-electron chi connectivity index (χ4n) is 2.21. The molecule has 1 aromatic heterocycles. The molecule has 0 bridgehead atoms. The number of hydrogen-bond acceptors (Lipinski definition) is 4. The fourth-order valence-corrected chi connectivity index (χ4v) is 3.22. The Hall–Kier alpha value is -0.930. The fraction of sp³-hybridized carbons (Fsp3) is 0.529. The lowest BCUT2D eigenvalue weighted by molar-refractivity contribution is 0.195. The predicted molar refractivity (Wildman–Crippen MR) is 114 cm³/mol. The number of rotatable bonds is 9. The number of aliphatic imine (C=N–C) groups is 1. The van der Waals surface area contributed by atoms with E-state index >= 15 is 0 Å². The van der Waals surface area contributed by atoms with Crippen molar-refractivity contribution in [1.29, 1.82) is 0 Å². The molecule has 0 amide bonds. The summed E-state index contributed by atoms with van der Waals surface area (Å²) < 4.78 is 6.31. The quantitative estimate of drug-likeness (QED) is 0.260. The largest absolute Gasteiger partial charge is 0.385 e. The molecule has 0 spiro atoms. The van der Waals surface area contributed by atoms with E-state index in [2.05, 4.69) is 45.7 Å². The van der Waals surface area contributed by atoms with Crippen LogP contribution in [0.5, 0.6) is 0 Å². The van der Waals surface area contributed by atoms with Gasteiger partial charge in [0, 0.05) is 39.8 Å². The van der Waals surface area contributed by atoms with E-state index in [9.17, 15) is 0 Å². The molecule has 0 atom stereocenters. The molecule has 1 heterocycles. The number of fused-ring (bicyclic) bond motifs is 1. The van der Waals surface area contributed by atoms with Crippen LogP contribution in [0.3, 0.4) is 0 Å². The van der Waals surface area contributed by atoms with E-state index in [0.717, 1.165) is 57.0 Å². The number of guanidine groups is 1. The first-order valence-corrected chi connectivity index (χ1v) is 9.00. The highest BCUT2D eigenvalue weighted by atomic mass is 127. The number of aryl methyl sites for hydroxylation is 1. The summed E-state index contributed by atoms with van der Waals surface area (Å²) in [6.07, 6.45) is 2.97. The molecule has 2 aromatic rings. The highest BCUT2D eigenvalue weighted by molar-refractivity contribution is 14.0. The van der Waals surface area contributed by atoms with Crippen LogP contribution in [0.25, 0.3) is 10.2 Å². The molecule has 0 radical (unpaired) electrons. The number of methoxy groups -OCH3 is 1. The van der Waals surface area contributed by atoms with Crippen LogP contribution >= 0.6 is 35.3 Å². The average molecular weight is 462 g/mol. The van der Waals surface area contributed by atoms with Crippen molar-refractivity contribution >= 4 is 51.5 Å². The van der Waals surface area contributed by atoms with Crippen molar-refractivity contribution in [3.05, 3.63) is 29.3 Å². The molecular formula is C17H27IN4OS. The molecule has 5 nitrogen and oxygen atoms in total. The first kappa shape index (κ1) is 21.1. The van der Waals surface area contributed by atoms with Crippen molar-refractivity contribution in [3.63, 3.8) is 0 Å². The third-order valence-corrected chi connectivity index (χ3v) is 4.41. The highest BCUT2D eigenvalue weighted by Gasteiger charge is 2.03. The zero-order chi connectivity index (χ0) is 16.3. The van der Waals surface area contributed by atoms with Gasteiger partial charge in [-0.15, -0.1) is 35.3 Å². The smallest absolute Gasteiger partial charge is 0.191 e. The maximum Gasteiger partial charge on any atom is 0.191 e. The second-order valence-electron chi connectivity index (χ2n) is 5.21. The van der Waals surface area contributed by atoms with Crippen LogP contribution in [0.2, 0.25) is 0 Å². The second kappa shape index (κ2) is 12.4. The molecule has 7 heteroatoms. The standard InChI is InChI=1S/C17H26N4OS.HI/c1-3-18-17(20-12-7-13-22-2)19-11-6-10-16-21-14-8-4-5-9-15(14)23-16;/h4-5,8-9H,3,6-7,10-13H2,1-2H3,(H2,18,19,20);1H. The molecule has 0 aliphatic carbocycles. The molecule has 24 heavy (non-hydrogen) atoms. The van der Waals surface area contributed by atoms with Crippen LogP contribution in [0.1, 0.15) is 24.8 Å². The van der Waals surface area contributed by atoms with Gasteiger partial charge in [0.25, 0.3) is 0 Å². The van der Waals surface area contributed by atoms with Crippen molar-refractivity contribution in [2.75, 3.05) is 33.4 Å². The van der Waals surface area contributed by atoms with Crippen LogP contribution in [0.4, 0.5) is 0 Å². The molecule has 134 valence electrons. The Labute approximate surface area is 165 Å². The van der Waals surface area contributed by atoms with Gasteiger partial charge in [-0.05, 0) is 31.9 Å². The van der Waals surface area contributed by atoms with E-state index in [0.29, 0.717) is 0 Å². The molecule has 0 saturated heterocycles. The SMILES string of the molecule is CCNC(=NCCCc1nc2ccccc2s1)NCCCOC.I. The summed E-state index contributed by atoms with van der Waals surface area (Å²) in [7, 11) is 1.72. The summed E-state index contributed by atoms with van der Waals surface area (Å²) in [6, 6.07) is 8.29. The monoisotopic (exact) mass is 462 g/mol. The third kappa shape index (κ3) is 7.31. The van der Waals surface area contributed by atoms with Crippen LogP contribution in [-0.4, -0.2) is 44.3 Å². The number of nitrogens with zero attached hydrogens (tertiary/aromatic N) is 2. The summed E-state index contributed by atoms with van der Waals surface area (Å²) in [6.45, 7) is 5.39. The minimum atomic E-state index is 0. The summed E-state index contributed by atoms with van der Waals surface area (Å²) in [5.74, 6) is 0.882. The lowest BCUT2D eigenvalue weighted by Gasteiger charge is -2.10. The Kier molecular flexibility index (Phi) is 10.9. The minimum Gasteiger partial charge on any atom is -0.385 e. The van der Waals surface area contributed by atoms with Gasteiger partial charge in [-0.1, -0.05) is 12.1 Å². The number of benzene rings is 1. The van der Waals surface area contributed by atoms with Gasteiger partial charge in [-0.25, -0.2) is 4.98 Å². The van der Waals surface area contributed by atoms with Gasteiger partial charge in [0.15, 0.2) is 5.96 Å². The van der Waals surface area contributed by atoms with E-state index in [1.165, 1.54) is 9.71 Å². The van der Waals surface area contributed by atoms with Gasteiger partial charge in [0.05, 0.1) is 15.2 Å². The molecule has 0 unspecified atom stereocenters. The number of aromatic nitrogens is 1. The number of halogens is 1. The zero-order valence-corrected chi connectivity index (χ0v) is 17.5. The van der Waals surface area contributed by atoms with Crippen LogP contribution in [0, 0.1) is 0 Å². The number of para-hydroxylation sites is 1. The first-order chi connectivity index (χ1) is 11.3. The van der Waals surface area contributed by atoms with Crippen molar-refractivity contribution in [1.82, 2.24) is 15.6 Å². The van der Waals surface area contributed by atoms with E-state index in [1.807, 2.05) is 6.07 Å². The topological polar surface area (TPSA) is 58.5 Å². The summed E-state index contributed by atoms with van der Waals surface area (Å²) >= 11 is 1.78. The average Bonchev–Trinajstić information content (AvgIpc) is 2.98. The van der Waals surface area contributed by atoms with Crippen LogP contribution < -0.4 is 10.6 Å². The summed E-state index contributed by atoms with van der Waals surface area (Å²) in [5, 5.41) is 7.78. The van der Waals surface area contributed by atoms with Crippen molar-refractivity contribution < 1.29 is 4.74 Å². The molecule has 0 aliphatic heterocycles. The van der Waals surface area contributed by atoms with Crippen molar-refractivity contribution in [3.8, 4) is 0 Å². The second-order valence-corrected chi connectivity index (χ2v) is 6.33. The molecule has 0 fully saturated rings. The Morgan fingerprint density at radius 3 is 2.83 bits per heavy atom. The lowest BCUT2D eigenvalue weighted by Crippen LogP contribution is -2.38. The summed E-state index contributed by atoms with van der Waals surface area (Å²) in [5.41, 5.74) is 1.10. The molecular weight excluding hydrogens is 435 g/mol.